The van der Waals surface area contributed by atoms with Gasteiger partial charge in [0, 0.05) is 0 Å². The van der Waals surface area contributed by atoms with Crippen LogP contribution < -0.4 is 4.73 Å². The fraction of sp³-hybridized carbons (Fsp3) is 0. The highest BCUT2D eigenvalue weighted by Crippen LogP contribution is 2.12. The summed E-state index contributed by atoms with van der Waals surface area (Å²) in [6.07, 6.45) is 1.36. The van der Waals surface area contributed by atoms with E-state index in [4.69, 9.17) is 0 Å². The van der Waals surface area contributed by atoms with E-state index in [1.807, 2.05) is 0 Å². The standard InChI is InChI=1S/C5H3FN2O3/c6-4-3-7(9)2-1-5(4)8(10)11/h1-3H/i6-1. The lowest BCUT2D eigenvalue weighted by atomic mass is 10.4. The Labute approximate surface area is 60.4 Å². The van der Waals surface area contributed by atoms with E-state index >= 15 is 0 Å². The van der Waals surface area contributed by atoms with E-state index in [9.17, 15) is 19.7 Å². The molecule has 0 bridgehead atoms. The number of hydrogen-bond acceptors (Lipinski definition) is 3. The molecular formula is C5H3FN2O3. The molecule has 0 aromatic carbocycles. The number of hydrogen-bond donors (Lipinski definition) is 0. The minimum atomic E-state index is -1.13. The Kier molecular flexibility index (Phi) is 1.67. The molecule has 11 heavy (non-hydrogen) atoms. The van der Waals surface area contributed by atoms with Crippen molar-refractivity contribution < 1.29 is 14.0 Å². The Bertz CT molecular complexity index is 302. The van der Waals surface area contributed by atoms with Gasteiger partial charge in [0.25, 0.3) is 5.82 Å². The van der Waals surface area contributed by atoms with Crippen LogP contribution in [0.15, 0.2) is 18.5 Å². The Balaban J connectivity index is 3.20. The summed E-state index contributed by atoms with van der Waals surface area (Å²) >= 11 is 0. The van der Waals surface area contributed by atoms with Gasteiger partial charge in [0.05, 0.1) is 11.0 Å². The number of nitro groups is 1. The second-order valence-corrected chi connectivity index (χ2v) is 1.80. The van der Waals surface area contributed by atoms with Crippen molar-refractivity contribution in [3.8, 4) is 0 Å². The van der Waals surface area contributed by atoms with Gasteiger partial charge in [-0.15, -0.1) is 0 Å². The molecule has 5 nitrogen and oxygen atoms in total. The van der Waals surface area contributed by atoms with E-state index in [1.54, 1.807) is 0 Å². The summed E-state index contributed by atoms with van der Waals surface area (Å²) in [6.45, 7) is 0. The van der Waals surface area contributed by atoms with Crippen LogP contribution in [-0.4, -0.2) is 4.92 Å². The third-order valence-electron chi connectivity index (χ3n) is 1.06. The fourth-order valence-electron chi connectivity index (χ4n) is 0.593. The average Bonchev–Trinajstić information content (AvgIpc) is 1.85. The molecule has 0 aliphatic carbocycles. The van der Waals surface area contributed by atoms with Crippen LogP contribution in [0.3, 0.4) is 0 Å². The number of halogens is 1. The number of rotatable bonds is 1. The molecule has 1 aromatic rings. The molecule has 0 N–H and O–H groups in total. The second kappa shape index (κ2) is 2.49. The van der Waals surface area contributed by atoms with Crippen molar-refractivity contribution in [2.45, 2.75) is 0 Å². The summed E-state index contributed by atoms with van der Waals surface area (Å²) in [5, 5.41) is 20.3. The van der Waals surface area contributed by atoms with Crippen molar-refractivity contribution in [2.75, 3.05) is 0 Å². The van der Waals surface area contributed by atoms with Crippen LogP contribution in [-0.2, 0) is 0 Å². The highest BCUT2D eigenvalue weighted by molar-refractivity contribution is 5.25. The summed E-state index contributed by atoms with van der Waals surface area (Å²) in [7, 11) is 0. The lowest BCUT2D eigenvalue weighted by Gasteiger charge is -1.94. The van der Waals surface area contributed by atoms with Crippen molar-refractivity contribution >= 4 is 5.69 Å². The van der Waals surface area contributed by atoms with Crippen LogP contribution in [0, 0.1) is 21.1 Å². The predicted octanol–water partition coefficient (Wildman–Crippen LogP) is 0.367. The number of aromatic nitrogens is 1. The van der Waals surface area contributed by atoms with E-state index in [0.29, 0.717) is 6.20 Å². The molecule has 6 heteroatoms. The summed E-state index contributed by atoms with van der Waals surface area (Å²) in [5.74, 6) is -1.13. The SMILES string of the molecule is O=[N+]([O-])c1cc[n+]([O-])cc1[18F]. The molecule has 58 valence electrons. The molecule has 0 saturated carbocycles. The molecule has 1 rings (SSSR count). The van der Waals surface area contributed by atoms with E-state index in [2.05, 4.69) is 0 Å². The molecule has 0 radical (unpaired) electrons. The Morgan fingerprint density at radius 2 is 2.27 bits per heavy atom. The highest BCUT2D eigenvalue weighted by Gasteiger charge is 2.15. The van der Waals surface area contributed by atoms with Crippen LogP contribution in [0.4, 0.5) is 10.1 Å². The number of nitrogens with zero attached hydrogens (tertiary/aromatic N) is 2. The zero-order valence-corrected chi connectivity index (χ0v) is 5.23. The van der Waals surface area contributed by atoms with Gasteiger partial charge in [0.1, 0.15) is 0 Å². The second-order valence-electron chi connectivity index (χ2n) is 1.80. The van der Waals surface area contributed by atoms with Crippen LogP contribution in [0.25, 0.3) is 0 Å². The zero-order chi connectivity index (χ0) is 8.43. The summed E-state index contributed by atoms with van der Waals surface area (Å²) in [4.78, 5) is 9.09. The molecule has 0 fully saturated rings. The smallest absolute Gasteiger partial charge is 0.317 e. The van der Waals surface area contributed by atoms with Crippen LogP contribution >= 0.6 is 0 Å². The van der Waals surface area contributed by atoms with Gasteiger partial charge in [-0.25, -0.2) is 0 Å². The third-order valence-corrected chi connectivity index (χ3v) is 1.06. The maximum absolute atomic E-state index is 12.4. The maximum Gasteiger partial charge on any atom is 0.317 e. The molecule has 0 amide bonds. The molecule has 0 aliphatic heterocycles. The molecular weight excluding hydrogens is 154 g/mol. The lowest BCUT2D eigenvalue weighted by Crippen LogP contribution is -2.25. The van der Waals surface area contributed by atoms with Crippen molar-refractivity contribution in [3.05, 3.63) is 39.6 Å². The van der Waals surface area contributed by atoms with Gasteiger partial charge in [0.2, 0.25) is 6.20 Å². The van der Waals surface area contributed by atoms with E-state index in [0.717, 1.165) is 12.3 Å². The van der Waals surface area contributed by atoms with Gasteiger partial charge in [-0.05, 0) is 0 Å². The predicted molar refractivity (Wildman–Crippen MR) is 32.0 cm³/mol. The molecule has 0 atom stereocenters. The molecule has 0 spiro atoms. The first-order valence-corrected chi connectivity index (χ1v) is 2.64. The van der Waals surface area contributed by atoms with Crippen LogP contribution in [0.2, 0.25) is 0 Å². The monoisotopic (exact) mass is 157 g/mol. The zero-order valence-electron chi connectivity index (χ0n) is 5.23. The Morgan fingerprint density at radius 1 is 1.64 bits per heavy atom. The average molecular weight is 157 g/mol. The van der Waals surface area contributed by atoms with E-state index < -0.39 is 16.4 Å². The summed E-state index contributed by atoms with van der Waals surface area (Å²) in [5.41, 5.74) is -0.697. The fourth-order valence-corrected chi connectivity index (χ4v) is 0.593. The summed E-state index contributed by atoms with van der Waals surface area (Å²) in [6, 6.07) is 0.808. The minimum absolute atomic E-state index is 0.155. The Morgan fingerprint density at radius 3 is 2.73 bits per heavy atom. The maximum atomic E-state index is 12.4. The molecule has 1 aromatic heterocycles. The first-order valence-electron chi connectivity index (χ1n) is 2.64. The lowest BCUT2D eigenvalue weighted by molar-refractivity contribution is -0.608. The van der Waals surface area contributed by atoms with Gasteiger partial charge in [-0.2, -0.15) is 9.12 Å². The van der Waals surface area contributed by atoms with Crippen molar-refractivity contribution in [3.63, 3.8) is 0 Å². The van der Waals surface area contributed by atoms with Gasteiger partial charge in [-0.1, -0.05) is 0 Å². The normalized spacial score (nSPS) is 9.55. The van der Waals surface area contributed by atoms with E-state index in [1.165, 1.54) is 0 Å². The topological polar surface area (TPSA) is 70.1 Å². The first-order chi connectivity index (χ1) is 5.11. The largest absolute Gasteiger partial charge is 0.619 e. The molecule has 1 heterocycles. The van der Waals surface area contributed by atoms with Crippen molar-refractivity contribution in [1.29, 1.82) is 0 Å². The van der Waals surface area contributed by atoms with Gasteiger partial charge >= 0.3 is 5.69 Å². The number of pyridine rings is 1. The van der Waals surface area contributed by atoms with Crippen molar-refractivity contribution in [2.24, 2.45) is 0 Å². The molecule has 0 aliphatic rings. The van der Waals surface area contributed by atoms with Crippen LogP contribution in [0.1, 0.15) is 0 Å². The molecule has 0 saturated heterocycles. The van der Waals surface area contributed by atoms with Crippen molar-refractivity contribution in [1.82, 2.24) is 0 Å². The van der Waals surface area contributed by atoms with Crippen LogP contribution in [0.5, 0.6) is 0 Å². The van der Waals surface area contributed by atoms with E-state index in [-0.39, 0.29) is 4.73 Å². The molecule has 0 unspecified atom stereocenters. The quantitative estimate of drug-likeness (QED) is 0.256. The third kappa shape index (κ3) is 1.40. The van der Waals surface area contributed by atoms with Gasteiger partial charge in [-0.3, -0.25) is 10.1 Å². The first kappa shape index (κ1) is 7.39. The highest BCUT2D eigenvalue weighted by atomic mass is 18.2. The Hall–Kier alpha value is -1.72. The van der Waals surface area contributed by atoms with Gasteiger partial charge in [0.15, 0.2) is 6.20 Å². The van der Waals surface area contributed by atoms with Gasteiger partial charge < -0.3 is 5.21 Å². The minimum Gasteiger partial charge on any atom is -0.619 e. The summed E-state index contributed by atoms with van der Waals surface area (Å²) < 4.78 is 12.6.